The monoisotopic (exact) mass is 927 g/mol. The van der Waals surface area contributed by atoms with Gasteiger partial charge in [-0.25, -0.2) is 0 Å². The average molecular weight is 927 g/mol. The normalized spacial score (nSPS) is 11.7. The Hall–Kier alpha value is -0.840. The van der Waals surface area contributed by atoms with Crippen LogP contribution in [0.5, 0.6) is 0 Å². The Morgan fingerprint density at radius 1 is 0.159 bits per heavy atom. The highest BCUT2D eigenvalue weighted by atomic mass is 16.6. The summed E-state index contributed by atoms with van der Waals surface area (Å²) >= 11 is 0. The molecular formula is C42H86O21. The van der Waals surface area contributed by atoms with E-state index in [1.54, 1.807) is 0 Å². The van der Waals surface area contributed by atoms with Gasteiger partial charge in [-0.15, -0.1) is 0 Å². The number of aliphatic hydroxyl groups excluding tert-OH is 1. The van der Waals surface area contributed by atoms with Crippen LogP contribution in [0.1, 0.15) is 6.92 Å². The number of hydrogen-bond donors (Lipinski definition) is 1. The van der Waals surface area contributed by atoms with Gasteiger partial charge in [0.05, 0.1) is 264 Å². The van der Waals surface area contributed by atoms with Crippen LogP contribution in [0.3, 0.4) is 0 Å². The minimum Gasteiger partial charge on any atom is -0.394 e. The van der Waals surface area contributed by atoms with E-state index in [0.29, 0.717) is 264 Å². The van der Waals surface area contributed by atoms with Crippen molar-refractivity contribution in [3.63, 3.8) is 0 Å². The highest BCUT2D eigenvalue weighted by Gasteiger charge is 1.99. The topological polar surface area (TPSA) is 205 Å². The maximum absolute atomic E-state index is 8.60. The Bertz CT molecular complexity index is 721. The van der Waals surface area contributed by atoms with Crippen molar-refractivity contribution >= 4 is 0 Å². The maximum Gasteiger partial charge on any atom is 0.0701 e. The summed E-state index contributed by atoms with van der Waals surface area (Å²) < 4.78 is 109. The second-order valence-corrected chi connectivity index (χ2v) is 12.6. The summed E-state index contributed by atoms with van der Waals surface area (Å²) in [7, 11) is 0. The summed E-state index contributed by atoms with van der Waals surface area (Å²) in [6.07, 6.45) is 0. The minimum absolute atomic E-state index is 0.0202. The first-order chi connectivity index (χ1) is 31.4. The lowest BCUT2D eigenvalue weighted by Crippen LogP contribution is -2.16. The van der Waals surface area contributed by atoms with E-state index in [2.05, 4.69) is 0 Å². The van der Waals surface area contributed by atoms with Crippen LogP contribution in [-0.2, 0) is 94.7 Å². The molecule has 0 radical (unpaired) electrons. The van der Waals surface area contributed by atoms with Gasteiger partial charge in [-0.05, 0) is 6.92 Å². The zero-order valence-electron chi connectivity index (χ0n) is 38.6. The van der Waals surface area contributed by atoms with Crippen molar-refractivity contribution in [2.45, 2.75) is 6.92 Å². The molecule has 0 aliphatic rings. The van der Waals surface area contributed by atoms with Gasteiger partial charge in [0, 0.05) is 6.61 Å². The fourth-order valence-corrected chi connectivity index (χ4v) is 4.39. The predicted molar refractivity (Wildman–Crippen MR) is 229 cm³/mol. The standard InChI is InChI=1S/C42H86O21/c1-2-44-5-6-46-9-10-48-13-14-50-17-18-52-21-22-54-25-26-56-29-30-58-33-34-60-37-38-62-41-42-63-40-39-61-36-35-59-32-31-57-28-27-55-24-23-53-20-19-51-16-15-49-12-11-47-8-7-45-4-3-43/h43H,2-42H2,1H3. The van der Waals surface area contributed by atoms with Gasteiger partial charge in [0.1, 0.15) is 0 Å². The molecule has 0 bridgehead atoms. The molecule has 21 heteroatoms. The highest BCUT2D eigenvalue weighted by molar-refractivity contribution is 4.41. The molecule has 0 aromatic rings. The van der Waals surface area contributed by atoms with Gasteiger partial charge in [-0.2, -0.15) is 0 Å². The lowest BCUT2D eigenvalue weighted by atomic mass is 10.6. The third-order valence-corrected chi connectivity index (χ3v) is 7.51. The lowest BCUT2D eigenvalue weighted by Gasteiger charge is -2.09. The van der Waals surface area contributed by atoms with E-state index in [0.717, 1.165) is 0 Å². The molecule has 0 heterocycles. The van der Waals surface area contributed by atoms with E-state index in [-0.39, 0.29) is 6.61 Å². The first-order valence-electron chi connectivity index (χ1n) is 22.6. The molecule has 0 saturated carbocycles. The number of rotatable bonds is 60. The van der Waals surface area contributed by atoms with E-state index in [1.807, 2.05) is 6.92 Å². The predicted octanol–water partition coefficient (Wildman–Crippen LogP) is 0.331. The number of ether oxygens (including phenoxy) is 20. The third kappa shape index (κ3) is 61.2. The van der Waals surface area contributed by atoms with Crippen LogP contribution < -0.4 is 0 Å². The second kappa shape index (κ2) is 61.2. The molecular weight excluding hydrogens is 840 g/mol. The molecule has 0 rings (SSSR count). The van der Waals surface area contributed by atoms with E-state index in [9.17, 15) is 0 Å². The summed E-state index contributed by atoms with van der Waals surface area (Å²) in [6, 6.07) is 0. The van der Waals surface area contributed by atoms with Crippen molar-refractivity contribution in [3.05, 3.63) is 0 Å². The highest BCUT2D eigenvalue weighted by Crippen LogP contribution is 1.90. The lowest BCUT2D eigenvalue weighted by molar-refractivity contribution is -0.0314. The Labute approximate surface area is 377 Å². The Morgan fingerprint density at radius 3 is 0.349 bits per heavy atom. The smallest absolute Gasteiger partial charge is 0.0701 e. The largest absolute Gasteiger partial charge is 0.394 e. The SMILES string of the molecule is CCOCCOCCOCCOCCOCCOCCOCCOCCOCCOCCOCCOCCOCCOCCOCCOCCOCCOCCOCCOCCO. The molecule has 63 heavy (non-hydrogen) atoms. The molecule has 0 spiro atoms. The summed E-state index contributed by atoms with van der Waals surface area (Å²) in [5.74, 6) is 0. The molecule has 1 N–H and O–H groups in total. The van der Waals surface area contributed by atoms with E-state index in [1.165, 1.54) is 0 Å². The van der Waals surface area contributed by atoms with Crippen molar-refractivity contribution in [3.8, 4) is 0 Å². The molecule has 0 aromatic heterocycles. The second-order valence-electron chi connectivity index (χ2n) is 12.6. The van der Waals surface area contributed by atoms with Gasteiger partial charge in [0.25, 0.3) is 0 Å². The number of hydrogen-bond acceptors (Lipinski definition) is 21. The quantitative estimate of drug-likeness (QED) is 0.0817. The van der Waals surface area contributed by atoms with Gasteiger partial charge >= 0.3 is 0 Å². The maximum atomic E-state index is 8.60. The fourth-order valence-electron chi connectivity index (χ4n) is 4.39. The van der Waals surface area contributed by atoms with Crippen LogP contribution in [0, 0.1) is 0 Å². The van der Waals surface area contributed by atoms with Crippen molar-refractivity contribution in [2.24, 2.45) is 0 Å². The van der Waals surface area contributed by atoms with Crippen LogP contribution in [0.4, 0.5) is 0 Å². The Balaban J connectivity index is 3.06. The molecule has 0 aromatic carbocycles. The minimum atomic E-state index is 0.0202. The van der Waals surface area contributed by atoms with Crippen molar-refractivity contribution < 1.29 is 99.8 Å². The average Bonchev–Trinajstić information content (AvgIpc) is 3.29. The van der Waals surface area contributed by atoms with Crippen LogP contribution in [-0.4, -0.2) is 276 Å². The molecule has 0 unspecified atom stereocenters. The first-order valence-corrected chi connectivity index (χ1v) is 22.6. The first kappa shape index (κ1) is 62.2. The van der Waals surface area contributed by atoms with E-state index >= 15 is 0 Å². The third-order valence-electron chi connectivity index (χ3n) is 7.51. The van der Waals surface area contributed by atoms with Gasteiger partial charge in [0.2, 0.25) is 0 Å². The van der Waals surface area contributed by atoms with E-state index in [4.69, 9.17) is 99.8 Å². The summed E-state index contributed by atoms with van der Waals surface area (Å²) in [6.45, 7) is 22.2. The summed E-state index contributed by atoms with van der Waals surface area (Å²) in [5.41, 5.74) is 0. The van der Waals surface area contributed by atoms with Crippen LogP contribution in [0.25, 0.3) is 0 Å². The van der Waals surface area contributed by atoms with Crippen LogP contribution in [0.2, 0.25) is 0 Å². The van der Waals surface area contributed by atoms with Gasteiger partial charge < -0.3 is 99.8 Å². The van der Waals surface area contributed by atoms with Gasteiger partial charge in [-0.1, -0.05) is 0 Å². The van der Waals surface area contributed by atoms with Crippen molar-refractivity contribution in [2.75, 3.05) is 271 Å². The van der Waals surface area contributed by atoms with Crippen LogP contribution >= 0.6 is 0 Å². The zero-order valence-corrected chi connectivity index (χ0v) is 38.6. The molecule has 0 amide bonds. The van der Waals surface area contributed by atoms with Crippen LogP contribution in [0.15, 0.2) is 0 Å². The van der Waals surface area contributed by atoms with E-state index < -0.39 is 0 Å². The molecule has 0 aliphatic heterocycles. The van der Waals surface area contributed by atoms with Gasteiger partial charge in [-0.3, -0.25) is 0 Å². The molecule has 0 saturated heterocycles. The Kier molecular flexibility index (Phi) is 60.3. The molecule has 0 atom stereocenters. The summed E-state index contributed by atoms with van der Waals surface area (Å²) in [5, 5.41) is 8.60. The number of aliphatic hydroxyl groups is 1. The van der Waals surface area contributed by atoms with Crippen molar-refractivity contribution in [1.82, 2.24) is 0 Å². The molecule has 0 aliphatic carbocycles. The van der Waals surface area contributed by atoms with Crippen molar-refractivity contribution in [1.29, 1.82) is 0 Å². The molecule has 380 valence electrons. The molecule has 0 fully saturated rings. The zero-order chi connectivity index (χ0) is 45.1. The molecule has 21 nitrogen and oxygen atoms in total. The Morgan fingerprint density at radius 2 is 0.254 bits per heavy atom. The van der Waals surface area contributed by atoms with Gasteiger partial charge in [0.15, 0.2) is 0 Å². The summed E-state index contributed by atoms with van der Waals surface area (Å²) in [4.78, 5) is 0. The fraction of sp³-hybridized carbons (Fsp3) is 1.00.